The van der Waals surface area contributed by atoms with Gasteiger partial charge in [-0.2, -0.15) is 0 Å². The fourth-order valence-corrected chi connectivity index (χ4v) is 2.14. The van der Waals surface area contributed by atoms with Gasteiger partial charge in [0.2, 0.25) is 11.8 Å². The first kappa shape index (κ1) is 13.2. The molecule has 1 aromatic heterocycles. The van der Waals surface area contributed by atoms with E-state index in [2.05, 4.69) is 21.1 Å². The number of nitrogens with one attached hydrogen (secondary N) is 3. The normalized spacial score (nSPS) is 16.6. The first-order valence-electron chi connectivity index (χ1n) is 6.51. The van der Waals surface area contributed by atoms with Crippen LogP contribution in [0.15, 0.2) is 34.9 Å². The van der Waals surface area contributed by atoms with Crippen LogP contribution in [0, 0.1) is 6.92 Å². The minimum absolute atomic E-state index is 0.00603. The van der Waals surface area contributed by atoms with Gasteiger partial charge < -0.3 is 20.5 Å². The number of anilines is 3. The van der Waals surface area contributed by atoms with Crippen LogP contribution in [-0.4, -0.2) is 23.0 Å². The number of hydrogen-bond acceptors (Lipinski definition) is 5. The maximum Gasteiger partial charge on any atom is 0.247 e. The van der Waals surface area contributed by atoms with Crippen molar-refractivity contribution in [3.8, 4) is 0 Å². The van der Waals surface area contributed by atoms with Crippen LogP contribution in [0.5, 0.6) is 0 Å². The molecule has 2 amide bonds. The van der Waals surface area contributed by atoms with Crippen LogP contribution in [-0.2, 0) is 9.59 Å². The number of hydrogen-bond donors (Lipinski definition) is 3. The van der Waals surface area contributed by atoms with Gasteiger partial charge in [0.1, 0.15) is 11.8 Å². The Kier molecular flexibility index (Phi) is 3.31. The molecule has 0 unspecified atom stereocenters. The van der Waals surface area contributed by atoms with Crippen molar-refractivity contribution in [1.29, 1.82) is 0 Å². The number of carbonyl (C=O) groups excluding carboxylic acids is 2. The predicted octanol–water partition coefficient (Wildman–Crippen LogP) is 1.74. The highest BCUT2D eigenvalue weighted by Crippen LogP contribution is 2.26. The van der Waals surface area contributed by atoms with Crippen molar-refractivity contribution in [2.45, 2.75) is 19.4 Å². The van der Waals surface area contributed by atoms with Crippen molar-refractivity contribution in [1.82, 2.24) is 5.16 Å². The number of aromatic nitrogens is 1. The number of nitrogens with zero attached hydrogens (tertiary/aromatic N) is 1. The van der Waals surface area contributed by atoms with E-state index in [1.54, 1.807) is 19.1 Å². The van der Waals surface area contributed by atoms with E-state index in [1.807, 2.05) is 18.2 Å². The molecule has 1 aromatic carbocycles. The largest absolute Gasteiger partial charge is 0.372 e. The molecule has 2 aromatic rings. The van der Waals surface area contributed by atoms with E-state index in [0.717, 1.165) is 5.69 Å². The summed E-state index contributed by atoms with van der Waals surface area (Å²) in [4.78, 5) is 23.9. The molecule has 2 heterocycles. The van der Waals surface area contributed by atoms with Crippen molar-refractivity contribution < 1.29 is 14.1 Å². The van der Waals surface area contributed by atoms with E-state index >= 15 is 0 Å². The monoisotopic (exact) mass is 286 g/mol. The molecule has 108 valence electrons. The van der Waals surface area contributed by atoms with Gasteiger partial charge >= 0.3 is 0 Å². The summed E-state index contributed by atoms with van der Waals surface area (Å²) in [7, 11) is 0. The third-order valence-corrected chi connectivity index (χ3v) is 3.12. The predicted molar refractivity (Wildman–Crippen MR) is 77.0 cm³/mol. The lowest BCUT2D eigenvalue weighted by molar-refractivity contribution is -0.122. The summed E-state index contributed by atoms with van der Waals surface area (Å²) in [6, 6.07) is 8.34. The van der Waals surface area contributed by atoms with Crippen LogP contribution in [0.3, 0.4) is 0 Å². The zero-order valence-electron chi connectivity index (χ0n) is 11.3. The molecule has 3 N–H and O–H groups in total. The summed E-state index contributed by atoms with van der Waals surface area (Å²) >= 11 is 0. The second-order valence-electron chi connectivity index (χ2n) is 4.81. The van der Waals surface area contributed by atoms with Gasteiger partial charge in [-0.15, -0.1) is 0 Å². The molecule has 0 saturated carbocycles. The highest BCUT2D eigenvalue weighted by Gasteiger charge is 2.27. The van der Waals surface area contributed by atoms with Gasteiger partial charge in [-0.1, -0.05) is 17.3 Å². The highest BCUT2D eigenvalue weighted by atomic mass is 16.5. The van der Waals surface area contributed by atoms with E-state index in [-0.39, 0.29) is 18.2 Å². The molecule has 21 heavy (non-hydrogen) atoms. The summed E-state index contributed by atoms with van der Waals surface area (Å²) in [5.74, 6) is 0.400. The second kappa shape index (κ2) is 5.28. The Morgan fingerprint density at radius 2 is 2.14 bits per heavy atom. The standard InChI is InChI=1S/C14H14N4O3/c1-8-6-12(18-21-8)17-13(19)7-11-14(20)16-10-5-3-2-4-9(10)15-11/h2-6,11,15H,7H2,1H3,(H,16,20)(H,17,18,19)/t11-/m0/s1. The third-order valence-electron chi connectivity index (χ3n) is 3.12. The Morgan fingerprint density at radius 1 is 1.38 bits per heavy atom. The van der Waals surface area contributed by atoms with Crippen molar-refractivity contribution in [2.75, 3.05) is 16.0 Å². The molecular weight excluding hydrogens is 272 g/mol. The number of fused-ring (bicyclic) bond motifs is 1. The van der Waals surface area contributed by atoms with Crippen LogP contribution in [0.4, 0.5) is 17.2 Å². The first-order chi connectivity index (χ1) is 10.1. The summed E-state index contributed by atoms with van der Waals surface area (Å²) in [5, 5.41) is 12.1. The lowest BCUT2D eigenvalue weighted by Crippen LogP contribution is -2.41. The molecule has 1 aliphatic heterocycles. The van der Waals surface area contributed by atoms with Crippen LogP contribution in [0.1, 0.15) is 12.2 Å². The van der Waals surface area contributed by atoms with Gasteiger partial charge in [0, 0.05) is 6.07 Å². The quantitative estimate of drug-likeness (QED) is 0.798. The Balaban J connectivity index is 1.65. The zero-order chi connectivity index (χ0) is 14.8. The first-order valence-corrected chi connectivity index (χ1v) is 6.51. The average Bonchev–Trinajstić information content (AvgIpc) is 2.85. The fourth-order valence-electron chi connectivity index (χ4n) is 2.14. The van der Waals surface area contributed by atoms with E-state index in [0.29, 0.717) is 17.3 Å². The zero-order valence-corrected chi connectivity index (χ0v) is 11.3. The molecule has 7 nitrogen and oxygen atoms in total. The SMILES string of the molecule is Cc1cc(NC(=O)C[C@@H]2Nc3ccccc3NC2=O)no1. The van der Waals surface area contributed by atoms with E-state index in [1.165, 1.54) is 0 Å². The van der Waals surface area contributed by atoms with Gasteiger partial charge in [0.25, 0.3) is 0 Å². The van der Waals surface area contributed by atoms with Gasteiger partial charge in [0.15, 0.2) is 5.82 Å². The van der Waals surface area contributed by atoms with Crippen LogP contribution in [0.25, 0.3) is 0 Å². The molecule has 1 atom stereocenters. The number of benzene rings is 1. The maximum absolute atomic E-state index is 12.0. The number of para-hydroxylation sites is 2. The van der Waals surface area contributed by atoms with Gasteiger partial charge in [-0.25, -0.2) is 0 Å². The van der Waals surface area contributed by atoms with Crippen molar-refractivity contribution in [2.24, 2.45) is 0 Å². The number of carbonyl (C=O) groups is 2. The van der Waals surface area contributed by atoms with E-state index in [9.17, 15) is 9.59 Å². The highest BCUT2D eigenvalue weighted by molar-refractivity contribution is 6.05. The lowest BCUT2D eigenvalue weighted by Gasteiger charge is -2.26. The molecule has 1 aliphatic rings. The summed E-state index contributed by atoms with van der Waals surface area (Å²) < 4.78 is 4.86. The third kappa shape index (κ3) is 2.86. The van der Waals surface area contributed by atoms with E-state index < -0.39 is 6.04 Å². The maximum atomic E-state index is 12.0. The smallest absolute Gasteiger partial charge is 0.247 e. The summed E-state index contributed by atoms with van der Waals surface area (Å²) in [6.45, 7) is 1.73. The molecule has 3 rings (SSSR count). The molecule has 0 radical (unpaired) electrons. The number of rotatable bonds is 3. The van der Waals surface area contributed by atoms with Gasteiger partial charge in [-0.3, -0.25) is 9.59 Å². The van der Waals surface area contributed by atoms with Gasteiger partial charge in [-0.05, 0) is 19.1 Å². The second-order valence-corrected chi connectivity index (χ2v) is 4.81. The van der Waals surface area contributed by atoms with Crippen molar-refractivity contribution in [3.63, 3.8) is 0 Å². The molecule has 0 fully saturated rings. The topological polar surface area (TPSA) is 96.3 Å². The lowest BCUT2D eigenvalue weighted by atomic mass is 10.1. The summed E-state index contributed by atoms with van der Waals surface area (Å²) in [6.07, 6.45) is 0.00603. The Hall–Kier alpha value is -2.83. The average molecular weight is 286 g/mol. The molecule has 0 bridgehead atoms. The number of aryl methyl sites for hydroxylation is 1. The van der Waals surface area contributed by atoms with Crippen LogP contribution in [0.2, 0.25) is 0 Å². The molecule has 7 heteroatoms. The summed E-state index contributed by atoms with van der Waals surface area (Å²) in [5.41, 5.74) is 1.51. The molecule has 0 spiro atoms. The minimum atomic E-state index is -0.618. The van der Waals surface area contributed by atoms with Gasteiger partial charge in [0.05, 0.1) is 17.8 Å². The van der Waals surface area contributed by atoms with Crippen LogP contribution < -0.4 is 16.0 Å². The Labute approximate surface area is 120 Å². The van der Waals surface area contributed by atoms with Crippen LogP contribution >= 0.6 is 0 Å². The molecule has 0 aliphatic carbocycles. The minimum Gasteiger partial charge on any atom is -0.372 e. The fraction of sp³-hybridized carbons (Fsp3) is 0.214. The van der Waals surface area contributed by atoms with Crippen molar-refractivity contribution >= 4 is 29.0 Å². The van der Waals surface area contributed by atoms with Crippen molar-refractivity contribution in [3.05, 3.63) is 36.1 Å². The Bertz CT molecular complexity index is 695. The molecular formula is C14H14N4O3. The number of amides is 2. The van der Waals surface area contributed by atoms with E-state index in [4.69, 9.17) is 4.52 Å². The Morgan fingerprint density at radius 3 is 2.86 bits per heavy atom. The molecule has 0 saturated heterocycles.